The first-order chi connectivity index (χ1) is 8.73. The van der Waals surface area contributed by atoms with Crippen LogP contribution in [0.1, 0.15) is 34.6 Å². The minimum Gasteiger partial charge on any atom is -0.333 e. The zero-order valence-electron chi connectivity index (χ0n) is 12.1. The fourth-order valence-electron chi connectivity index (χ4n) is 2.42. The van der Waals surface area contributed by atoms with E-state index in [0.29, 0.717) is 11.8 Å². The Hall–Kier alpha value is -1.85. The maximum Gasteiger partial charge on any atom is 0.430 e. The Labute approximate surface area is 113 Å². The van der Waals surface area contributed by atoms with Crippen molar-refractivity contribution in [3.05, 3.63) is 18.5 Å². The molecule has 0 saturated heterocycles. The lowest BCUT2D eigenvalue weighted by Crippen LogP contribution is -2.37. The molecule has 1 aromatic rings. The summed E-state index contributed by atoms with van der Waals surface area (Å²) in [5, 5.41) is 8.06. The number of carbonyl (C=O) groups is 1. The van der Waals surface area contributed by atoms with Crippen molar-refractivity contribution in [2.45, 2.75) is 34.6 Å². The SMILES string of the molecule is CC(C)C(C(=NOC(N)=O)n1cccn1)C(C)(C)C. The number of primary amides is 1. The highest BCUT2D eigenvalue weighted by molar-refractivity contribution is 5.87. The van der Waals surface area contributed by atoms with Crippen LogP contribution in [0.25, 0.3) is 0 Å². The van der Waals surface area contributed by atoms with Crippen LogP contribution in [-0.2, 0) is 4.84 Å². The predicted octanol–water partition coefficient (Wildman–Crippen LogP) is 2.46. The van der Waals surface area contributed by atoms with E-state index in [0.717, 1.165) is 0 Å². The molecular formula is C13H22N4O2. The molecule has 19 heavy (non-hydrogen) atoms. The van der Waals surface area contributed by atoms with Gasteiger partial charge in [0.05, 0.1) is 0 Å². The summed E-state index contributed by atoms with van der Waals surface area (Å²) in [6.45, 7) is 10.5. The molecule has 0 fully saturated rings. The lowest BCUT2D eigenvalue weighted by atomic mass is 9.73. The summed E-state index contributed by atoms with van der Waals surface area (Å²) in [5.41, 5.74) is 4.93. The summed E-state index contributed by atoms with van der Waals surface area (Å²) in [6.07, 6.45) is 2.49. The van der Waals surface area contributed by atoms with Crippen molar-refractivity contribution in [1.82, 2.24) is 9.78 Å². The van der Waals surface area contributed by atoms with Gasteiger partial charge in [-0.25, -0.2) is 9.48 Å². The average Bonchev–Trinajstić information content (AvgIpc) is 2.73. The molecule has 1 amide bonds. The van der Waals surface area contributed by atoms with E-state index in [4.69, 9.17) is 5.73 Å². The third-order valence-electron chi connectivity index (χ3n) is 2.85. The third kappa shape index (κ3) is 4.08. The predicted molar refractivity (Wildman–Crippen MR) is 73.5 cm³/mol. The summed E-state index contributed by atoms with van der Waals surface area (Å²) in [4.78, 5) is 15.4. The van der Waals surface area contributed by atoms with E-state index in [1.807, 2.05) is 0 Å². The quantitative estimate of drug-likeness (QED) is 0.395. The summed E-state index contributed by atoms with van der Waals surface area (Å²) < 4.78 is 1.61. The summed E-state index contributed by atoms with van der Waals surface area (Å²) in [5.74, 6) is 0.942. The molecule has 0 spiro atoms. The minimum atomic E-state index is -0.930. The molecule has 0 radical (unpaired) electrons. The number of nitrogens with zero attached hydrogens (tertiary/aromatic N) is 3. The fraction of sp³-hybridized carbons (Fsp3) is 0.615. The topological polar surface area (TPSA) is 82.5 Å². The van der Waals surface area contributed by atoms with Crippen molar-refractivity contribution >= 4 is 11.9 Å². The summed E-state index contributed by atoms with van der Waals surface area (Å²) >= 11 is 0. The highest BCUT2D eigenvalue weighted by Crippen LogP contribution is 2.33. The fourth-order valence-corrected chi connectivity index (χ4v) is 2.42. The van der Waals surface area contributed by atoms with Gasteiger partial charge in [0, 0.05) is 18.3 Å². The number of hydrogen-bond donors (Lipinski definition) is 1. The molecule has 6 nitrogen and oxygen atoms in total. The van der Waals surface area contributed by atoms with Crippen LogP contribution in [0, 0.1) is 17.3 Å². The van der Waals surface area contributed by atoms with Gasteiger partial charge in [0.25, 0.3) is 0 Å². The third-order valence-corrected chi connectivity index (χ3v) is 2.85. The van der Waals surface area contributed by atoms with Gasteiger partial charge < -0.3 is 5.73 Å². The van der Waals surface area contributed by atoms with Crippen molar-refractivity contribution in [2.24, 2.45) is 28.1 Å². The van der Waals surface area contributed by atoms with Crippen molar-refractivity contribution in [3.8, 4) is 0 Å². The Bertz CT molecular complexity index is 444. The Morgan fingerprint density at radius 2 is 2.05 bits per heavy atom. The Morgan fingerprint density at radius 3 is 2.42 bits per heavy atom. The van der Waals surface area contributed by atoms with Crippen LogP contribution in [0.3, 0.4) is 0 Å². The summed E-state index contributed by atoms with van der Waals surface area (Å²) in [7, 11) is 0. The molecule has 1 unspecified atom stereocenters. The van der Waals surface area contributed by atoms with E-state index in [-0.39, 0.29) is 11.3 Å². The van der Waals surface area contributed by atoms with Crippen LogP contribution in [0.5, 0.6) is 0 Å². The molecule has 1 aromatic heterocycles. The zero-order chi connectivity index (χ0) is 14.6. The Morgan fingerprint density at radius 1 is 1.42 bits per heavy atom. The molecule has 0 aliphatic carbocycles. The van der Waals surface area contributed by atoms with Crippen LogP contribution in [0.2, 0.25) is 0 Å². The Kier molecular flexibility index (Phi) is 4.69. The van der Waals surface area contributed by atoms with Crippen LogP contribution in [0.15, 0.2) is 23.6 Å². The maximum absolute atomic E-state index is 10.8. The Balaban J connectivity index is 3.22. The molecule has 1 rings (SSSR count). The highest BCUT2D eigenvalue weighted by Gasteiger charge is 2.34. The molecule has 0 saturated carbocycles. The first kappa shape index (κ1) is 15.2. The molecule has 6 heteroatoms. The second kappa shape index (κ2) is 5.86. The molecule has 106 valence electrons. The van der Waals surface area contributed by atoms with Gasteiger partial charge in [-0.3, -0.25) is 4.84 Å². The van der Waals surface area contributed by atoms with Gasteiger partial charge in [0.1, 0.15) is 0 Å². The number of oxime groups is 1. The van der Waals surface area contributed by atoms with E-state index in [1.54, 1.807) is 23.1 Å². The smallest absolute Gasteiger partial charge is 0.333 e. The second-order valence-corrected chi connectivity index (χ2v) is 5.90. The van der Waals surface area contributed by atoms with Crippen LogP contribution < -0.4 is 5.73 Å². The number of rotatable bonds is 3. The molecular weight excluding hydrogens is 244 g/mol. The zero-order valence-corrected chi connectivity index (χ0v) is 12.1. The minimum absolute atomic E-state index is 0.0556. The first-order valence-corrected chi connectivity index (χ1v) is 6.28. The first-order valence-electron chi connectivity index (χ1n) is 6.28. The number of amides is 1. The lowest BCUT2D eigenvalue weighted by molar-refractivity contribution is 0.156. The molecule has 0 aliphatic rings. The molecule has 2 N–H and O–H groups in total. The van der Waals surface area contributed by atoms with Crippen molar-refractivity contribution in [1.29, 1.82) is 0 Å². The molecule has 1 heterocycles. The number of hydrogen-bond acceptors (Lipinski definition) is 4. The van der Waals surface area contributed by atoms with Crippen molar-refractivity contribution in [2.75, 3.05) is 0 Å². The van der Waals surface area contributed by atoms with Gasteiger partial charge in [0.15, 0.2) is 5.84 Å². The van der Waals surface area contributed by atoms with Gasteiger partial charge in [-0.2, -0.15) is 5.10 Å². The van der Waals surface area contributed by atoms with Crippen LogP contribution in [0.4, 0.5) is 4.79 Å². The lowest BCUT2D eigenvalue weighted by Gasteiger charge is -2.34. The number of aromatic nitrogens is 2. The van der Waals surface area contributed by atoms with E-state index < -0.39 is 6.09 Å². The molecule has 0 aliphatic heterocycles. The van der Waals surface area contributed by atoms with Crippen molar-refractivity contribution in [3.63, 3.8) is 0 Å². The molecule has 1 atom stereocenters. The molecule has 0 bridgehead atoms. The normalized spacial score (nSPS) is 14.5. The highest BCUT2D eigenvalue weighted by atomic mass is 16.7. The number of carbonyl (C=O) groups excluding carboxylic acids is 1. The monoisotopic (exact) mass is 266 g/mol. The maximum atomic E-state index is 10.8. The van der Waals surface area contributed by atoms with E-state index >= 15 is 0 Å². The second-order valence-electron chi connectivity index (χ2n) is 5.90. The average molecular weight is 266 g/mol. The van der Waals surface area contributed by atoms with Crippen molar-refractivity contribution < 1.29 is 9.63 Å². The van der Waals surface area contributed by atoms with E-state index in [9.17, 15) is 4.79 Å². The van der Waals surface area contributed by atoms with Crippen LogP contribution >= 0.6 is 0 Å². The van der Waals surface area contributed by atoms with Gasteiger partial charge in [-0.1, -0.05) is 39.8 Å². The van der Waals surface area contributed by atoms with E-state index in [2.05, 4.69) is 49.7 Å². The van der Waals surface area contributed by atoms with Gasteiger partial charge >= 0.3 is 6.09 Å². The van der Waals surface area contributed by atoms with Gasteiger partial charge in [-0.05, 0) is 17.4 Å². The molecule has 0 aromatic carbocycles. The largest absolute Gasteiger partial charge is 0.430 e. The van der Waals surface area contributed by atoms with Gasteiger partial charge in [-0.15, -0.1) is 0 Å². The van der Waals surface area contributed by atoms with E-state index in [1.165, 1.54) is 0 Å². The summed E-state index contributed by atoms with van der Waals surface area (Å²) in [6, 6.07) is 1.79. The van der Waals surface area contributed by atoms with Gasteiger partial charge in [0.2, 0.25) is 0 Å². The standard InChI is InChI=1S/C13H22N4O2/c1-9(2)10(13(3,4)5)11(16-19-12(14)18)17-8-6-7-15-17/h6-10H,1-5H3,(H2,14,18). The van der Waals surface area contributed by atoms with Crippen LogP contribution in [-0.4, -0.2) is 21.7 Å². The number of nitrogens with two attached hydrogens (primary N) is 1.